The zero-order valence-electron chi connectivity index (χ0n) is 24.1. The highest BCUT2D eigenvalue weighted by Crippen LogP contribution is 2.28. The van der Waals surface area contributed by atoms with Crippen LogP contribution in [-0.2, 0) is 17.8 Å². The quantitative estimate of drug-likeness (QED) is 0.0654. The number of thiophene rings is 1. The Morgan fingerprint density at radius 1 is 0.818 bits per heavy atom. The van der Waals surface area contributed by atoms with Crippen molar-refractivity contribution >= 4 is 29.0 Å². The van der Waals surface area contributed by atoms with Gasteiger partial charge in [0.15, 0.2) is 5.75 Å². The molecule has 8 heteroatoms. The third kappa shape index (κ3) is 8.56. The van der Waals surface area contributed by atoms with Gasteiger partial charge in [-0.25, -0.2) is 9.59 Å². The van der Waals surface area contributed by atoms with Crippen molar-refractivity contribution in [1.82, 2.24) is 5.32 Å². The molecule has 1 unspecified atom stereocenters. The van der Waals surface area contributed by atoms with E-state index in [0.29, 0.717) is 17.9 Å². The predicted molar refractivity (Wildman–Crippen MR) is 175 cm³/mol. The summed E-state index contributed by atoms with van der Waals surface area (Å²) >= 11 is 1.76. The van der Waals surface area contributed by atoms with E-state index in [4.69, 9.17) is 9.47 Å². The van der Waals surface area contributed by atoms with E-state index in [1.165, 1.54) is 16.0 Å². The molecular weight excluding hydrogens is 572 g/mol. The maximum atomic E-state index is 12.6. The molecule has 0 aliphatic heterocycles. The van der Waals surface area contributed by atoms with Gasteiger partial charge in [-0.05, 0) is 77.5 Å². The lowest BCUT2D eigenvalue weighted by atomic mass is 10.1. The number of carboxylic acids is 1. The predicted octanol–water partition coefficient (Wildman–Crippen LogP) is 7.30. The lowest BCUT2D eigenvalue weighted by Gasteiger charge is -2.18. The normalized spacial score (nSPS) is 11.5. The van der Waals surface area contributed by atoms with E-state index in [1.54, 1.807) is 59.9 Å². The third-order valence-electron chi connectivity index (χ3n) is 6.97. The lowest BCUT2D eigenvalue weighted by molar-refractivity contribution is -0.137. The van der Waals surface area contributed by atoms with Gasteiger partial charge in [-0.1, -0.05) is 72.8 Å². The minimum absolute atomic E-state index is 0.230. The van der Waals surface area contributed by atoms with E-state index < -0.39 is 18.0 Å². The maximum Gasteiger partial charge on any atom is 0.343 e. The van der Waals surface area contributed by atoms with Crippen molar-refractivity contribution < 1.29 is 24.2 Å². The van der Waals surface area contributed by atoms with Crippen molar-refractivity contribution in [3.63, 3.8) is 0 Å². The van der Waals surface area contributed by atoms with Crippen molar-refractivity contribution in [3.05, 3.63) is 137 Å². The monoisotopic (exact) mass is 606 g/mol. The first-order valence-electron chi connectivity index (χ1n) is 14.5. The second-order valence-corrected chi connectivity index (χ2v) is 11.1. The number of carbonyl (C=O) groups excluding carboxylic acids is 1. The molecule has 1 atom stereocenters. The SMILES string of the molecule is O=C(Oc1ccccc1NC(Cc1ccc(OCCCNCc2sccc2-c2ccccc2)cc1)C(=O)O)c1ccccc1. The number of anilines is 1. The van der Waals surface area contributed by atoms with E-state index >= 15 is 0 Å². The number of carboxylic acid groups (broad SMARTS) is 1. The summed E-state index contributed by atoms with van der Waals surface area (Å²) in [5.74, 6) is -0.535. The standard InChI is InChI=1S/C36H34N2O5S/c39-35(40)32(38-31-14-7-8-15-33(31)43-36(41)28-12-5-2-6-13-28)24-26-16-18-29(19-17-26)42-22-9-21-37-25-34-30(20-23-44-34)27-10-3-1-4-11-27/h1-8,10-20,23,32,37-38H,9,21-22,24-25H2,(H,39,40). The Labute approximate surface area is 261 Å². The molecule has 5 aromatic rings. The molecule has 0 aliphatic carbocycles. The van der Waals surface area contributed by atoms with E-state index in [9.17, 15) is 14.7 Å². The van der Waals surface area contributed by atoms with Gasteiger partial charge in [-0.2, -0.15) is 0 Å². The molecule has 0 radical (unpaired) electrons. The zero-order chi connectivity index (χ0) is 30.6. The molecule has 0 aliphatic rings. The van der Waals surface area contributed by atoms with Gasteiger partial charge in [0.1, 0.15) is 11.8 Å². The van der Waals surface area contributed by atoms with Crippen LogP contribution in [0.5, 0.6) is 11.5 Å². The molecule has 7 nitrogen and oxygen atoms in total. The number of aliphatic carboxylic acids is 1. The van der Waals surface area contributed by atoms with Gasteiger partial charge < -0.3 is 25.2 Å². The van der Waals surface area contributed by atoms with E-state index in [-0.39, 0.29) is 12.2 Å². The zero-order valence-corrected chi connectivity index (χ0v) is 25.0. The van der Waals surface area contributed by atoms with Gasteiger partial charge in [-0.3, -0.25) is 0 Å². The number of benzene rings is 4. The fraction of sp³-hybridized carbons (Fsp3) is 0.167. The Morgan fingerprint density at radius 3 is 2.27 bits per heavy atom. The molecule has 3 N–H and O–H groups in total. The summed E-state index contributed by atoms with van der Waals surface area (Å²) in [5, 5.41) is 18.6. The van der Waals surface area contributed by atoms with Crippen LogP contribution in [0.1, 0.15) is 27.2 Å². The number of carbonyl (C=O) groups is 2. The number of para-hydroxylation sites is 2. The number of ether oxygens (including phenoxy) is 2. The molecule has 1 heterocycles. The highest BCUT2D eigenvalue weighted by atomic mass is 32.1. The molecule has 44 heavy (non-hydrogen) atoms. The Bertz CT molecular complexity index is 1640. The Kier molecular flexibility index (Phi) is 10.8. The van der Waals surface area contributed by atoms with Crippen molar-refractivity contribution in [2.75, 3.05) is 18.5 Å². The Morgan fingerprint density at radius 2 is 1.52 bits per heavy atom. The first-order valence-corrected chi connectivity index (χ1v) is 15.3. The summed E-state index contributed by atoms with van der Waals surface area (Å²) in [6.07, 6.45) is 1.08. The van der Waals surface area contributed by atoms with E-state index in [0.717, 1.165) is 30.8 Å². The van der Waals surface area contributed by atoms with E-state index in [2.05, 4.69) is 46.3 Å². The molecule has 4 aromatic carbocycles. The lowest BCUT2D eigenvalue weighted by Crippen LogP contribution is -2.31. The topological polar surface area (TPSA) is 96.9 Å². The number of nitrogens with one attached hydrogen (secondary N) is 2. The molecule has 0 amide bonds. The Balaban J connectivity index is 1.08. The number of rotatable bonds is 15. The van der Waals surface area contributed by atoms with Crippen molar-refractivity contribution in [2.45, 2.75) is 25.4 Å². The molecule has 224 valence electrons. The molecular formula is C36H34N2O5S. The van der Waals surface area contributed by atoms with Crippen LogP contribution in [0.2, 0.25) is 0 Å². The van der Waals surface area contributed by atoms with Crippen LogP contribution in [0.3, 0.4) is 0 Å². The summed E-state index contributed by atoms with van der Waals surface area (Å²) in [6.45, 7) is 2.22. The van der Waals surface area contributed by atoms with Crippen LogP contribution in [0.15, 0.2) is 121 Å². The first-order chi connectivity index (χ1) is 21.6. The van der Waals surface area contributed by atoms with Crippen LogP contribution in [0.25, 0.3) is 11.1 Å². The fourth-order valence-corrected chi connectivity index (χ4v) is 5.56. The number of hydrogen-bond acceptors (Lipinski definition) is 7. The van der Waals surface area contributed by atoms with Gasteiger partial charge in [-0.15, -0.1) is 11.3 Å². The molecule has 0 saturated carbocycles. The summed E-state index contributed by atoms with van der Waals surface area (Å²) in [5.41, 5.74) is 4.18. The average molecular weight is 607 g/mol. The van der Waals surface area contributed by atoms with Gasteiger partial charge in [0.05, 0.1) is 17.9 Å². The molecule has 0 bridgehead atoms. The van der Waals surface area contributed by atoms with Gasteiger partial charge in [0.2, 0.25) is 0 Å². The summed E-state index contributed by atoms with van der Waals surface area (Å²) < 4.78 is 11.5. The fourth-order valence-electron chi connectivity index (χ4n) is 4.69. The summed E-state index contributed by atoms with van der Waals surface area (Å²) in [6, 6.07) is 34.6. The largest absolute Gasteiger partial charge is 0.494 e. The molecule has 0 saturated heterocycles. The third-order valence-corrected chi connectivity index (χ3v) is 7.89. The Hall–Kier alpha value is -4.92. The average Bonchev–Trinajstić information content (AvgIpc) is 3.53. The highest BCUT2D eigenvalue weighted by Gasteiger charge is 2.20. The second-order valence-electron chi connectivity index (χ2n) is 10.1. The number of hydrogen-bond donors (Lipinski definition) is 3. The van der Waals surface area contributed by atoms with Crippen molar-refractivity contribution in [2.24, 2.45) is 0 Å². The molecule has 5 rings (SSSR count). The van der Waals surface area contributed by atoms with Crippen LogP contribution >= 0.6 is 11.3 Å². The molecule has 0 spiro atoms. The van der Waals surface area contributed by atoms with Gasteiger partial charge >= 0.3 is 11.9 Å². The summed E-state index contributed by atoms with van der Waals surface area (Å²) in [4.78, 5) is 26.0. The van der Waals surface area contributed by atoms with Crippen LogP contribution < -0.4 is 20.1 Å². The first kappa shape index (κ1) is 30.5. The number of esters is 1. The van der Waals surface area contributed by atoms with E-state index in [1.807, 2.05) is 36.4 Å². The molecule has 0 fully saturated rings. The van der Waals surface area contributed by atoms with Crippen molar-refractivity contribution in [1.29, 1.82) is 0 Å². The highest BCUT2D eigenvalue weighted by molar-refractivity contribution is 7.10. The summed E-state index contributed by atoms with van der Waals surface area (Å²) in [7, 11) is 0. The second kappa shape index (κ2) is 15.5. The van der Waals surface area contributed by atoms with Crippen molar-refractivity contribution in [3.8, 4) is 22.6 Å². The van der Waals surface area contributed by atoms with Crippen LogP contribution in [-0.4, -0.2) is 36.2 Å². The smallest absolute Gasteiger partial charge is 0.343 e. The van der Waals surface area contributed by atoms with Crippen LogP contribution in [0, 0.1) is 0 Å². The van der Waals surface area contributed by atoms with Gasteiger partial charge in [0, 0.05) is 17.8 Å². The maximum absolute atomic E-state index is 12.6. The minimum atomic E-state index is -1.01. The minimum Gasteiger partial charge on any atom is -0.494 e. The van der Waals surface area contributed by atoms with Crippen LogP contribution in [0.4, 0.5) is 5.69 Å². The molecule has 1 aromatic heterocycles. The van der Waals surface area contributed by atoms with Gasteiger partial charge in [0.25, 0.3) is 0 Å².